The molecule has 5 heteroatoms. The van der Waals surface area contributed by atoms with E-state index in [0.717, 1.165) is 31.9 Å². The van der Waals surface area contributed by atoms with Gasteiger partial charge in [0.15, 0.2) is 0 Å². The summed E-state index contributed by atoms with van der Waals surface area (Å²) in [6, 6.07) is 13.1. The highest BCUT2D eigenvalue weighted by atomic mass is 15.2. The minimum atomic E-state index is 0.630. The Morgan fingerprint density at radius 3 is 2.92 bits per heavy atom. The molecule has 0 radical (unpaired) electrons. The number of likely N-dealkylation sites (tertiary alicyclic amines) is 1. The molecule has 0 N–H and O–H groups in total. The summed E-state index contributed by atoms with van der Waals surface area (Å²) in [6.07, 6.45) is 9.64. The van der Waals surface area contributed by atoms with Gasteiger partial charge in [-0.05, 0) is 63.7 Å². The summed E-state index contributed by atoms with van der Waals surface area (Å²) in [5, 5.41) is 4.47. The monoisotopic (exact) mass is 349 g/mol. The Labute approximate surface area is 155 Å². The number of nitrogens with zero attached hydrogens (tertiary/aromatic N) is 5. The van der Waals surface area contributed by atoms with Crippen molar-refractivity contribution in [1.29, 1.82) is 0 Å². The van der Waals surface area contributed by atoms with Crippen LogP contribution in [0.15, 0.2) is 55.0 Å². The Morgan fingerprint density at radius 1 is 1.12 bits per heavy atom. The zero-order valence-electron chi connectivity index (χ0n) is 15.5. The molecule has 0 saturated carbocycles. The first-order chi connectivity index (χ1) is 12.8. The Balaban J connectivity index is 1.36. The number of hydrogen-bond acceptors (Lipinski definition) is 4. The van der Waals surface area contributed by atoms with Gasteiger partial charge in [0.05, 0.1) is 17.4 Å². The maximum Gasteiger partial charge on any atom is 0.0706 e. The van der Waals surface area contributed by atoms with Crippen LogP contribution in [-0.2, 0) is 13.1 Å². The summed E-state index contributed by atoms with van der Waals surface area (Å²) in [6.45, 7) is 4.23. The van der Waals surface area contributed by atoms with Gasteiger partial charge in [-0.25, -0.2) is 4.52 Å². The van der Waals surface area contributed by atoms with Crippen molar-refractivity contribution in [2.45, 2.75) is 38.4 Å². The minimum absolute atomic E-state index is 0.630. The van der Waals surface area contributed by atoms with Crippen LogP contribution in [0.25, 0.3) is 5.52 Å². The van der Waals surface area contributed by atoms with Crippen LogP contribution in [0.4, 0.5) is 0 Å². The molecule has 0 bridgehead atoms. The van der Waals surface area contributed by atoms with Crippen molar-refractivity contribution in [3.05, 3.63) is 66.2 Å². The number of pyridine rings is 2. The first-order valence-electron chi connectivity index (χ1n) is 9.53. The van der Waals surface area contributed by atoms with Crippen molar-refractivity contribution in [2.75, 3.05) is 20.1 Å². The van der Waals surface area contributed by atoms with E-state index in [4.69, 9.17) is 0 Å². The van der Waals surface area contributed by atoms with Crippen molar-refractivity contribution in [3.63, 3.8) is 0 Å². The SMILES string of the molecule is CN(Cc1ccccn1)[C@H]1CCCN(Cc2cnn3ccccc23)CC1. The molecule has 26 heavy (non-hydrogen) atoms. The smallest absolute Gasteiger partial charge is 0.0706 e. The third-order valence-electron chi connectivity index (χ3n) is 5.45. The molecule has 1 aliphatic heterocycles. The third-order valence-corrected chi connectivity index (χ3v) is 5.45. The van der Waals surface area contributed by atoms with Gasteiger partial charge in [-0.3, -0.25) is 14.8 Å². The van der Waals surface area contributed by atoms with Crippen molar-refractivity contribution >= 4 is 5.52 Å². The second-order valence-electron chi connectivity index (χ2n) is 7.30. The Bertz CT molecular complexity index is 829. The predicted octanol–water partition coefficient (Wildman–Crippen LogP) is 3.22. The maximum absolute atomic E-state index is 4.47. The van der Waals surface area contributed by atoms with Crippen LogP contribution in [0.2, 0.25) is 0 Å². The van der Waals surface area contributed by atoms with Crippen LogP contribution < -0.4 is 0 Å². The predicted molar refractivity (Wildman–Crippen MR) is 104 cm³/mol. The van der Waals surface area contributed by atoms with E-state index in [1.54, 1.807) is 0 Å². The van der Waals surface area contributed by atoms with E-state index in [9.17, 15) is 0 Å². The average molecular weight is 349 g/mol. The molecule has 4 heterocycles. The standard InChI is InChI=1S/C21H27N5/c1-24(17-19-7-2-4-11-22-19)20-8-6-12-25(14-10-20)16-18-15-23-26-13-5-3-9-21(18)26/h2-5,7,9,11,13,15,20H,6,8,10,12,14,16-17H2,1H3/t20-/m0/s1. The van der Waals surface area contributed by atoms with Gasteiger partial charge in [-0.15, -0.1) is 0 Å². The molecule has 3 aromatic rings. The lowest BCUT2D eigenvalue weighted by atomic mass is 10.1. The summed E-state index contributed by atoms with van der Waals surface area (Å²) in [4.78, 5) is 9.52. The van der Waals surface area contributed by atoms with Gasteiger partial charge >= 0.3 is 0 Å². The summed E-state index contributed by atoms with van der Waals surface area (Å²) in [7, 11) is 2.24. The van der Waals surface area contributed by atoms with Crippen LogP contribution in [0.5, 0.6) is 0 Å². The molecule has 1 atom stereocenters. The van der Waals surface area contributed by atoms with E-state index >= 15 is 0 Å². The molecular weight excluding hydrogens is 322 g/mol. The zero-order valence-corrected chi connectivity index (χ0v) is 15.5. The second-order valence-corrected chi connectivity index (χ2v) is 7.30. The molecule has 4 rings (SSSR count). The van der Waals surface area contributed by atoms with E-state index in [-0.39, 0.29) is 0 Å². The minimum Gasteiger partial charge on any atom is -0.299 e. The molecule has 3 aromatic heterocycles. The van der Waals surface area contributed by atoms with Gasteiger partial charge in [0.1, 0.15) is 0 Å². The van der Waals surface area contributed by atoms with E-state index in [1.165, 1.54) is 30.3 Å². The second kappa shape index (κ2) is 7.98. The molecule has 1 saturated heterocycles. The van der Waals surface area contributed by atoms with Crippen LogP contribution >= 0.6 is 0 Å². The number of aromatic nitrogens is 3. The summed E-state index contributed by atoms with van der Waals surface area (Å²) in [5.41, 5.74) is 3.70. The fourth-order valence-corrected chi connectivity index (χ4v) is 3.96. The zero-order chi connectivity index (χ0) is 17.8. The average Bonchev–Trinajstić information content (AvgIpc) is 2.92. The summed E-state index contributed by atoms with van der Waals surface area (Å²) < 4.78 is 1.97. The van der Waals surface area contributed by atoms with Gasteiger partial charge in [0.25, 0.3) is 0 Å². The lowest BCUT2D eigenvalue weighted by Crippen LogP contribution is -2.32. The van der Waals surface area contributed by atoms with E-state index < -0.39 is 0 Å². The topological polar surface area (TPSA) is 36.7 Å². The highest BCUT2D eigenvalue weighted by molar-refractivity contribution is 5.53. The van der Waals surface area contributed by atoms with Gasteiger partial charge in [0, 0.05) is 37.1 Å². The normalized spacial score (nSPS) is 19.1. The molecule has 1 fully saturated rings. The molecular formula is C21H27N5. The van der Waals surface area contributed by atoms with Gasteiger partial charge in [-0.1, -0.05) is 12.1 Å². The van der Waals surface area contributed by atoms with E-state index in [0.29, 0.717) is 6.04 Å². The van der Waals surface area contributed by atoms with Crippen molar-refractivity contribution in [2.24, 2.45) is 0 Å². The van der Waals surface area contributed by atoms with Crippen molar-refractivity contribution < 1.29 is 0 Å². The van der Waals surface area contributed by atoms with Gasteiger partial charge in [0.2, 0.25) is 0 Å². The van der Waals surface area contributed by atoms with Gasteiger partial charge < -0.3 is 0 Å². The van der Waals surface area contributed by atoms with Crippen LogP contribution in [0.3, 0.4) is 0 Å². The molecule has 0 aliphatic carbocycles. The number of fused-ring (bicyclic) bond motifs is 1. The molecule has 0 spiro atoms. The number of hydrogen-bond donors (Lipinski definition) is 0. The van der Waals surface area contributed by atoms with E-state index in [1.807, 2.05) is 35.2 Å². The maximum atomic E-state index is 4.47. The molecule has 0 unspecified atom stereocenters. The Kier molecular flexibility index (Phi) is 5.27. The van der Waals surface area contributed by atoms with Crippen LogP contribution in [0.1, 0.15) is 30.5 Å². The molecule has 0 aromatic carbocycles. The Hall–Kier alpha value is -2.24. The third kappa shape index (κ3) is 3.94. The molecule has 136 valence electrons. The molecule has 5 nitrogen and oxygen atoms in total. The largest absolute Gasteiger partial charge is 0.299 e. The van der Waals surface area contributed by atoms with Crippen LogP contribution in [0, 0.1) is 0 Å². The summed E-state index contributed by atoms with van der Waals surface area (Å²) >= 11 is 0. The quantitative estimate of drug-likeness (QED) is 0.709. The Morgan fingerprint density at radius 2 is 2.04 bits per heavy atom. The summed E-state index contributed by atoms with van der Waals surface area (Å²) in [5.74, 6) is 0. The van der Waals surface area contributed by atoms with Crippen molar-refractivity contribution in [3.8, 4) is 0 Å². The number of rotatable bonds is 5. The molecule has 1 aliphatic rings. The lowest BCUT2D eigenvalue weighted by molar-refractivity contribution is 0.204. The fourth-order valence-electron chi connectivity index (χ4n) is 3.96. The lowest BCUT2D eigenvalue weighted by Gasteiger charge is -2.27. The fraction of sp³-hybridized carbons (Fsp3) is 0.429. The van der Waals surface area contributed by atoms with Crippen molar-refractivity contribution in [1.82, 2.24) is 24.4 Å². The van der Waals surface area contributed by atoms with Gasteiger partial charge in [-0.2, -0.15) is 5.10 Å². The van der Waals surface area contributed by atoms with Crippen LogP contribution in [-0.4, -0.2) is 50.6 Å². The van der Waals surface area contributed by atoms with E-state index in [2.05, 4.69) is 51.2 Å². The first-order valence-corrected chi connectivity index (χ1v) is 9.53. The highest BCUT2D eigenvalue weighted by Crippen LogP contribution is 2.20. The highest BCUT2D eigenvalue weighted by Gasteiger charge is 2.21. The first kappa shape index (κ1) is 17.2. The molecule has 0 amide bonds.